The second-order valence-electron chi connectivity index (χ2n) is 11.3. The van der Waals surface area contributed by atoms with Gasteiger partial charge in [0.25, 0.3) is 0 Å². The van der Waals surface area contributed by atoms with Crippen LogP contribution < -0.4 is 5.32 Å². The zero-order chi connectivity index (χ0) is 24.4. The fourth-order valence-electron chi connectivity index (χ4n) is 6.27. The molecule has 33 heavy (non-hydrogen) atoms. The lowest BCUT2D eigenvalue weighted by Crippen LogP contribution is -2.55. The van der Waals surface area contributed by atoms with Crippen LogP contribution in [0.3, 0.4) is 0 Å². The van der Waals surface area contributed by atoms with Crippen LogP contribution in [0.15, 0.2) is 11.3 Å². The number of esters is 1. The smallest absolute Gasteiger partial charge is 0.305 e. The minimum Gasteiger partial charge on any atom is -0.466 e. The third-order valence-electron chi connectivity index (χ3n) is 8.28. The fraction of sp³-hybridized carbons (Fsp3) is 0.815. The summed E-state index contributed by atoms with van der Waals surface area (Å²) in [4.78, 5) is 41.7. The standard InChI is InChI=1S/C27H44N2O4/c1-7-9-10-11-22(30)33-15-13-26(3,4)25(32)27(5)20(8-2)23-21(28-27)16-18-12-14-29(6)17-19(18)24(23)31/h18-20,28H,7-17H2,1-6H3. The zero-order valence-corrected chi connectivity index (χ0v) is 21.6. The molecule has 0 bridgehead atoms. The van der Waals surface area contributed by atoms with Crippen molar-refractivity contribution in [2.24, 2.45) is 23.2 Å². The number of nitrogens with zero attached hydrogens (tertiary/aromatic N) is 1. The van der Waals surface area contributed by atoms with Crippen molar-refractivity contribution in [1.29, 1.82) is 0 Å². The van der Waals surface area contributed by atoms with Crippen molar-refractivity contribution >= 4 is 17.5 Å². The van der Waals surface area contributed by atoms with Crippen molar-refractivity contribution in [3.63, 3.8) is 0 Å². The Labute approximate surface area is 199 Å². The predicted octanol–water partition coefficient (Wildman–Crippen LogP) is 4.28. The third kappa shape index (κ3) is 5.21. The quantitative estimate of drug-likeness (QED) is 0.387. The Morgan fingerprint density at radius 1 is 1.24 bits per heavy atom. The molecule has 0 spiro atoms. The number of hydrogen-bond acceptors (Lipinski definition) is 6. The van der Waals surface area contributed by atoms with E-state index in [9.17, 15) is 14.4 Å². The van der Waals surface area contributed by atoms with Crippen LogP contribution in [-0.4, -0.2) is 54.7 Å². The van der Waals surface area contributed by atoms with Gasteiger partial charge in [-0.2, -0.15) is 0 Å². The summed E-state index contributed by atoms with van der Waals surface area (Å²) in [6, 6.07) is 0. The number of allylic oxidation sites excluding steroid dienone is 1. The van der Waals surface area contributed by atoms with Gasteiger partial charge in [0.05, 0.1) is 6.61 Å². The summed E-state index contributed by atoms with van der Waals surface area (Å²) in [7, 11) is 2.09. The first-order valence-electron chi connectivity index (χ1n) is 13.0. The van der Waals surface area contributed by atoms with Gasteiger partial charge in [0.1, 0.15) is 5.54 Å². The van der Waals surface area contributed by atoms with E-state index in [2.05, 4.69) is 31.1 Å². The van der Waals surface area contributed by atoms with Gasteiger partial charge in [0.15, 0.2) is 11.6 Å². The maximum Gasteiger partial charge on any atom is 0.305 e. The highest BCUT2D eigenvalue weighted by Crippen LogP contribution is 2.48. The van der Waals surface area contributed by atoms with Crippen LogP contribution in [0.2, 0.25) is 0 Å². The number of Topliss-reactive ketones (excluding diaryl/α,β-unsaturated/α-hetero) is 2. The highest BCUT2D eigenvalue weighted by Gasteiger charge is 2.56. The van der Waals surface area contributed by atoms with Crippen LogP contribution in [0.25, 0.3) is 0 Å². The fourth-order valence-corrected chi connectivity index (χ4v) is 6.27. The number of unbranched alkanes of at least 4 members (excludes halogenated alkanes) is 2. The van der Waals surface area contributed by atoms with E-state index in [0.29, 0.717) is 18.8 Å². The van der Waals surface area contributed by atoms with Crippen molar-refractivity contribution in [1.82, 2.24) is 10.2 Å². The van der Waals surface area contributed by atoms with Gasteiger partial charge in [-0.1, -0.05) is 40.5 Å². The lowest BCUT2D eigenvalue weighted by molar-refractivity contribution is -0.146. The lowest BCUT2D eigenvalue weighted by atomic mass is 9.66. The number of hydrogen-bond donors (Lipinski definition) is 1. The average molecular weight is 461 g/mol. The monoisotopic (exact) mass is 460 g/mol. The van der Waals surface area contributed by atoms with Crippen LogP contribution in [0.4, 0.5) is 0 Å². The molecule has 2 heterocycles. The SMILES string of the molecule is CCCCCC(=O)OCCC(C)(C)C(=O)C1(C)NC2=C(C(=O)C3CN(C)CCC3C2)C1CC. The molecule has 1 N–H and O–H groups in total. The Morgan fingerprint density at radius 2 is 1.97 bits per heavy atom. The minimum atomic E-state index is -0.802. The second kappa shape index (κ2) is 10.3. The molecule has 0 saturated carbocycles. The first kappa shape index (κ1) is 25.9. The molecule has 0 radical (unpaired) electrons. The van der Waals surface area contributed by atoms with Crippen molar-refractivity contribution in [2.45, 2.75) is 91.5 Å². The number of nitrogens with one attached hydrogen (secondary N) is 1. The van der Waals surface area contributed by atoms with Crippen molar-refractivity contribution in [3.05, 3.63) is 11.3 Å². The maximum absolute atomic E-state index is 13.9. The summed E-state index contributed by atoms with van der Waals surface area (Å²) in [6.45, 7) is 12.1. The molecular formula is C27H44N2O4. The molecule has 2 aliphatic heterocycles. The predicted molar refractivity (Wildman–Crippen MR) is 130 cm³/mol. The molecule has 1 saturated heterocycles. The van der Waals surface area contributed by atoms with E-state index in [1.54, 1.807) is 0 Å². The molecule has 0 aromatic rings. The highest BCUT2D eigenvalue weighted by atomic mass is 16.5. The summed E-state index contributed by atoms with van der Waals surface area (Å²) < 4.78 is 5.43. The molecule has 3 aliphatic rings. The topological polar surface area (TPSA) is 75.7 Å². The van der Waals surface area contributed by atoms with E-state index in [1.165, 1.54) is 0 Å². The summed E-state index contributed by atoms with van der Waals surface area (Å²) in [5, 5.41) is 3.57. The van der Waals surface area contributed by atoms with Crippen molar-refractivity contribution in [2.75, 3.05) is 26.7 Å². The van der Waals surface area contributed by atoms with E-state index < -0.39 is 11.0 Å². The number of rotatable bonds is 10. The lowest BCUT2D eigenvalue weighted by Gasteiger charge is -2.39. The van der Waals surface area contributed by atoms with Gasteiger partial charge in [0, 0.05) is 41.5 Å². The normalized spacial score (nSPS) is 30.0. The molecule has 0 amide bonds. The molecule has 0 aromatic heterocycles. The van der Waals surface area contributed by atoms with E-state index in [-0.39, 0.29) is 36.0 Å². The first-order chi connectivity index (χ1) is 15.5. The van der Waals surface area contributed by atoms with Crippen LogP contribution in [0.1, 0.15) is 86.0 Å². The summed E-state index contributed by atoms with van der Waals surface area (Å²) >= 11 is 0. The third-order valence-corrected chi connectivity index (χ3v) is 8.28. The van der Waals surface area contributed by atoms with Gasteiger partial charge in [-0.3, -0.25) is 14.4 Å². The number of carbonyl (C=O) groups excluding carboxylic acids is 3. The van der Waals surface area contributed by atoms with Crippen LogP contribution in [0.5, 0.6) is 0 Å². The summed E-state index contributed by atoms with van der Waals surface area (Å²) in [6.07, 6.45) is 6.50. The van der Waals surface area contributed by atoms with Gasteiger partial charge in [-0.05, 0) is 58.5 Å². The van der Waals surface area contributed by atoms with Gasteiger partial charge in [0.2, 0.25) is 0 Å². The van der Waals surface area contributed by atoms with Crippen LogP contribution in [-0.2, 0) is 19.1 Å². The summed E-state index contributed by atoms with van der Waals surface area (Å²) in [5.41, 5.74) is 0.418. The first-order valence-corrected chi connectivity index (χ1v) is 13.0. The van der Waals surface area contributed by atoms with Crippen molar-refractivity contribution in [3.8, 4) is 0 Å². The Hall–Kier alpha value is -1.69. The van der Waals surface area contributed by atoms with Gasteiger partial charge in [-0.25, -0.2) is 0 Å². The van der Waals surface area contributed by atoms with Crippen LogP contribution >= 0.6 is 0 Å². The average Bonchev–Trinajstić information content (AvgIpc) is 3.06. The second-order valence-corrected chi connectivity index (χ2v) is 11.3. The Bertz CT molecular complexity index is 802. The van der Waals surface area contributed by atoms with Gasteiger partial charge >= 0.3 is 5.97 Å². The Balaban J connectivity index is 1.69. The van der Waals surface area contributed by atoms with E-state index in [4.69, 9.17) is 4.74 Å². The van der Waals surface area contributed by atoms with E-state index in [1.807, 2.05) is 20.8 Å². The van der Waals surface area contributed by atoms with E-state index >= 15 is 0 Å². The molecule has 6 nitrogen and oxygen atoms in total. The number of fused-ring (bicyclic) bond motifs is 1. The number of ketones is 2. The molecule has 4 atom stereocenters. The molecule has 186 valence electrons. The number of piperidine rings is 1. The minimum absolute atomic E-state index is 0.0518. The van der Waals surface area contributed by atoms with Gasteiger partial charge in [-0.15, -0.1) is 0 Å². The number of carbonyl (C=O) groups is 3. The zero-order valence-electron chi connectivity index (χ0n) is 21.6. The number of ether oxygens (including phenoxy) is 1. The highest BCUT2D eigenvalue weighted by molar-refractivity contribution is 6.04. The number of likely N-dealkylation sites (tertiary alicyclic amines) is 1. The molecule has 4 unspecified atom stereocenters. The van der Waals surface area contributed by atoms with Crippen molar-refractivity contribution < 1.29 is 19.1 Å². The molecule has 6 heteroatoms. The van der Waals surface area contributed by atoms with E-state index in [0.717, 1.165) is 62.9 Å². The molecule has 1 fully saturated rings. The van der Waals surface area contributed by atoms with Gasteiger partial charge < -0.3 is 15.0 Å². The Kier molecular flexibility index (Phi) is 8.08. The molecule has 0 aromatic carbocycles. The largest absolute Gasteiger partial charge is 0.466 e. The maximum atomic E-state index is 13.9. The Morgan fingerprint density at radius 3 is 2.64 bits per heavy atom. The molecule has 3 rings (SSSR count). The molecule has 1 aliphatic carbocycles. The van der Waals surface area contributed by atoms with Crippen LogP contribution in [0, 0.1) is 23.2 Å². The molecular weight excluding hydrogens is 416 g/mol. The summed E-state index contributed by atoms with van der Waals surface area (Å²) in [5.74, 6) is 0.481.